The van der Waals surface area contributed by atoms with E-state index in [1.54, 1.807) is 22.8 Å². The lowest BCUT2D eigenvalue weighted by molar-refractivity contribution is -0.153. The first-order valence-corrected chi connectivity index (χ1v) is 10.6. The van der Waals surface area contributed by atoms with Gasteiger partial charge in [0.25, 0.3) is 5.91 Å². The van der Waals surface area contributed by atoms with Crippen molar-refractivity contribution in [3.05, 3.63) is 46.3 Å². The average Bonchev–Trinajstić information content (AvgIpc) is 3.30. The molecule has 0 aliphatic heterocycles. The minimum absolute atomic E-state index is 0.255. The molecular formula is C20H19N3O3S2. The number of nitriles is 1. The zero-order chi connectivity index (χ0) is 19.9. The van der Waals surface area contributed by atoms with Gasteiger partial charge in [0.1, 0.15) is 11.1 Å². The Morgan fingerprint density at radius 1 is 1.29 bits per heavy atom. The number of aryl methyl sites for hydroxylation is 1. The van der Waals surface area contributed by atoms with Gasteiger partial charge in [-0.2, -0.15) is 5.26 Å². The van der Waals surface area contributed by atoms with E-state index >= 15 is 0 Å². The van der Waals surface area contributed by atoms with Crippen LogP contribution in [-0.4, -0.2) is 23.0 Å². The highest BCUT2D eigenvalue weighted by Gasteiger charge is 2.19. The van der Waals surface area contributed by atoms with Crippen LogP contribution in [0.2, 0.25) is 0 Å². The number of nitrogens with one attached hydrogen (secondary N) is 1. The summed E-state index contributed by atoms with van der Waals surface area (Å²) in [6.45, 7) is 1.52. The molecule has 0 spiro atoms. The van der Waals surface area contributed by atoms with Crippen LogP contribution in [0.1, 0.15) is 36.8 Å². The monoisotopic (exact) mass is 413 g/mol. The number of nitrogens with zero attached hydrogens (tertiary/aromatic N) is 2. The van der Waals surface area contributed by atoms with Crippen LogP contribution in [0, 0.1) is 11.3 Å². The van der Waals surface area contributed by atoms with Crippen molar-refractivity contribution in [2.45, 2.75) is 38.7 Å². The van der Waals surface area contributed by atoms with Crippen LogP contribution in [0.15, 0.2) is 35.7 Å². The number of benzene rings is 1. The van der Waals surface area contributed by atoms with Crippen molar-refractivity contribution in [3.63, 3.8) is 0 Å². The van der Waals surface area contributed by atoms with E-state index in [-0.39, 0.29) is 6.42 Å². The molecule has 0 unspecified atom stereocenters. The number of unbranched alkanes of at least 4 members (excludes halogenated alkanes) is 1. The van der Waals surface area contributed by atoms with E-state index in [0.29, 0.717) is 17.0 Å². The molecule has 0 saturated carbocycles. The number of anilines is 1. The molecule has 3 aromatic rings. The minimum Gasteiger partial charge on any atom is -0.453 e. The first kappa shape index (κ1) is 20.0. The molecule has 1 N–H and O–H groups in total. The van der Waals surface area contributed by atoms with E-state index in [1.165, 1.54) is 23.0 Å². The Hall–Kier alpha value is -2.76. The lowest BCUT2D eigenvalue weighted by atomic mass is 10.2. The van der Waals surface area contributed by atoms with E-state index in [1.807, 2.05) is 24.3 Å². The van der Waals surface area contributed by atoms with Crippen molar-refractivity contribution in [1.82, 2.24) is 4.98 Å². The number of carbonyl (C=O) groups is 2. The molecule has 1 aromatic carbocycles. The van der Waals surface area contributed by atoms with Gasteiger partial charge in [-0.15, -0.1) is 22.7 Å². The highest BCUT2D eigenvalue weighted by Crippen LogP contribution is 2.23. The molecule has 2 aromatic heterocycles. The number of aromatic nitrogens is 1. The quantitative estimate of drug-likeness (QED) is 0.433. The molecule has 0 saturated heterocycles. The van der Waals surface area contributed by atoms with Crippen LogP contribution in [0.25, 0.3) is 10.2 Å². The van der Waals surface area contributed by atoms with E-state index in [9.17, 15) is 9.59 Å². The lowest BCUT2D eigenvalue weighted by Crippen LogP contribution is -2.29. The Kier molecular flexibility index (Phi) is 6.74. The summed E-state index contributed by atoms with van der Waals surface area (Å²) in [5.74, 6) is -0.847. The average molecular weight is 414 g/mol. The number of hydrogen-bond donors (Lipinski definition) is 1. The fourth-order valence-corrected chi connectivity index (χ4v) is 4.34. The first-order chi connectivity index (χ1) is 13.6. The normalized spacial score (nSPS) is 11.7. The Balaban J connectivity index is 1.38. The molecule has 0 aliphatic carbocycles. The topological polar surface area (TPSA) is 92.1 Å². The highest BCUT2D eigenvalue weighted by molar-refractivity contribution is 7.18. The summed E-state index contributed by atoms with van der Waals surface area (Å²) in [6.07, 6.45) is 1.66. The number of rotatable bonds is 8. The highest BCUT2D eigenvalue weighted by atomic mass is 32.1. The van der Waals surface area contributed by atoms with Crippen molar-refractivity contribution >= 4 is 49.8 Å². The van der Waals surface area contributed by atoms with E-state index in [2.05, 4.69) is 16.4 Å². The number of hydrogen-bond acceptors (Lipinski definition) is 7. The van der Waals surface area contributed by atoms with Crippen LogP contribution in [0.3, 0.4) is 0 Å². The van der Waals surface area contributed by atoms with Crippen molar-refractivity contribution < 1.29 is 14.3 Å². The molecule has 0 bridgehead atoms. The van der Waals surface area contributed by atoms with Gasteiger partial charge in [-0.05, 0) is 49.8 Å². The standard InChI is InChI=1S/C20H19N3O3S2/c1-13(19(25)23-20-14(12-21)10-11-27-20)26-18(24)9-5-4-8-17-22-15-6-2-3-7-16(15)28-17/h2-3,6-7,10-11,13H,4-5,8-9H2,1H3,(H,23,25)/t13-/m0/s1. The number of fused-ring (bicyclic) bond motifs is 1. The molecular weight excluding hydrogens is 394 g/mol. The number of amides is 1. The van der Waals surface area contributed by atoms with Gasteiger partial charge in [0, 0.05) is 6.42 Å². The van der Waals surface area contributed by atoms with Crippen LogP contribution in [0.5, 0.6) is 0 Å². The third kappa shape index (κ3) is 5.15. The number of para-hydroxylation sites is 1. The minimum atomic E-state index is -0.912. The molecule has 144 valence electrons. The summed E-state index contributed by atoms with van der Waals surface area (Å²) >= 11 is 2.93. The number of ether oxygens (including phenoxy) is 1. The molecule has 0 fully saturated rings. The summed E-state index contributed by atoms with van der Waals surface area (Å²) < 4.78 is 6.36. The Morgan fingerprint density at radius 3 is 2.89 bits per heavy atom. The fraction of sp³-hybridized carbons (Fsp3) is 0.300. The third-order valence-electron chi connectivity index (χ3n) is 4.06. The summed E-state index contributed by atoms with van der Waals surface area (Å²) in [4.78, 5) is 28.7. The molecule has 1 atom stereocenters. The van der Waals surface area contributed by atoms with Gasteiger partial charge in [0.2, 0.25) is 0 Å². The maximum Gasteiger partial charge on any atom is 0.306 e. The van der Waals surface area contributed by atoms with Crippen LogP contribution >= 0.6 is 22.7 Å². The second kappa shape index (κ2) is 9.44. The van der Waals surface area contributed by atoms with Gasteiger partial charge in [-0.3, -0.25) is 9.59 Å². The third-order valence-corrected chi connectivity index (χ3v) is 5.99. The summed E-state index contributed by atoms with van der Waals surface area (Å²) in [5.41, 5.74) is 1.40. The second-order valence-electron chi connectivity index (χ2n) is 6.18. The smallest absolute Gasteiger partial charge is 0.306 e. The van der Waals surface area contributed by atoms with Crippen molar-refractivity contribution in [2.75, 3.05) is 5.32 Å². The number of carbonyl (C=O) groups excluding carboxylic acids is 2. The van der Waals surface area contributed by atoms with Gasteiger partial charge in [0.15, 0.2) is 6.10 Å². The molecule has 8 heteroatoms. The van der Waals surface area contributed by atoms with Crippen LogP contribution in [-0.2, 0) is 20.7 Å². The van der Waals surface area contributed by atoms with E-state index < -0.39 is 18.0 Å². The fourth-order valence-electron chi connectivity index (χ4n) is 2.59. The van der Waals surface area contributed by atoms with Crippen LogP contribution in [0.4, 0.5) is 5.00 Å². The predicted molar refractivity (Wildman–Crippen MR) is 110 cm³/mol. The SMILES string of the molecule is C[C@H](OC(=O)CCCCc1nc2ccccc2s1)C(=O)Nc1sccc1C#N. The maximum absolute atomic E-state index is 12.1. The Bertz CT molecular complexity index is 986. The first-order valence-electron chi connectivity index (χ1n) is 8.89. The lowest BCUT2D eigenvalue weighted by Gasteiger charge is -2.12. The molecule has 28 heavy (non-hydrogen) atoms. The predicted octanol–water partition coefficient (Wildman–Crippen LogP) is 4.51. The summed E-state index contributed by atoms with van der Waals surface area (Å²) in [7, 11) is 0. The molecule has 3 rings (SSSR count). The Morgan fingerprint density at radius 2 is 2.11 bits per heavy atom. The second-order valence-corrected chi connectivity index (χ2v) is 8.21. The van der Waals surface area contributed by atoms with Gasteiger partial charge < -0.3 is 10.1 Å². The summed E-state index contributed by atoms with van der Waals surface area (Å²) in [5, 5.41) is 14.8. The van der Waals surface area contributed by atoms with Crippen molar-refractivity contribution in [3.8, 4) is 6.07 Å². The van der Waals surface area contributed by atoms with Gasteiger partial charge in [-0.1, -0.05) is 12.1 Å². The largest absolute Gasteiger partial charge is 0.453 e. The zero-order valence-electron chi connectivity index (χ0n) is 15.3. The molecule has 0 radical (unpaired) electrons. The zero-order valence-corrected chi connectivity index (χ0v) is 16.9. The maximum atomic E-state index is 12.1. The van der Waals surface area contributed by atoms with E-state index in [0.717, 1.165) is 23.4 Å². The number of esters is 1. The molecule has 0 aliphatic rings. The summed E-state index contributed by atoms with van der Waals surface area (Å²) in [6, 6.07) is 11.6. The van der Waals surface area contributed by atoms with Crippen molar-refractivity contribution in [1.29, 1.82) is 5.26 Å². The van der Waals surface area contributed by atoms with Gasteiger partial charge in [0.05, 0.1) is 20.8 Å². The molecule has 1 amide bonds. The van der Waals surface area contributed by atoms with E-state index in [4.69, 9.17) is 10.00 Å². The molecule has 2 heterocycles. The number of thiazole rings is 1. The van der Waals surface area contributed by atoms with Gasteiger partial charge >= 0.3 is 5.97 Å². The van der Waals surface area contributed by atoms with Gasteiger partial charge in [-0.25, -0.2) is 4.98 Å². The van der Waals surface area contributed by atoms with Crippen molar-refractivity contribution in [2.24, 2.45) is 0 Å². The van der Waals surface area contributed by atoms with Crippen LogP contribution < -0.4 is 5.32 Å². The molecule has 6 nitrogen and oxygen atoms in total. The Labute approximate surface area is 170 Å². The number of thiophene rings is 1.